The fraction of sp³-hybridized carbons (Fsp3) is 0.0667. The molecule has 0 saturated heterocycles. The normalized spacial score (nSPS) is 16.4. The summed E-state index contributed by atoms with van der Waals surface area (Å²) in [5, 5.41) is 5.11. The van der Waals surface area contributed by atoms with Crippen molar-refractivity contribution in [3.05, 3.63) is 310 Å². The van der Waals surface area contributed by atoms with Crippen LogP contribution in [0.15, 0.2) is 255 Å². The molecule has 12 aromatic carbocycles. The first kappa shape index (κ1) is 41.8. The van der Waals surface area contributed by atoms with Gasteiger partial charge in [-0.05, 0) is 136 Å². The number of nitrogens with zero attached hydrogens (tertiary/aromatic N) is 2. The van der Waals surface area contributed by atoms with E-state index < -0.39 is 10.8 Å². The zero-order chi connectivity index (χ0) is 50.5. The minimum Gasteiger partial charge on any atom is -0.309 e. The number of anilines is 3. The topological polar surface area (TPSA) is 8.17 Å². The second kappa shape index (κ2) is 14.5. The highest BCUT2D eigenvalue weighted by Gasteiger charge is 2.54. The molecule has 0 saturated carbocycles. The molecule has 358 valence electrons. The van der Waals surface area contributed by atoms with E-state index in [0.29, 0.717) is 0 Å². The summed E-state index contributed by atoms with van der Waals surface area (Å²) in [5.74, 6) is 0. The van der Waals surface area contributed by atoms with Crippen LogP contribution in [0.5, 0.6) is 0 Å². The number of hydrogen-bond donors (Lipinski definition) is 0. The average Bonchev–Trinajstić information content (AvgIpc) is 4.05. The molecule has 0 radical (unpaired) electrons. The lowest BCUT2D eigenvalue weighted by Gasteiger charge is -2.39. The molecular formula is C75H48N2. The van der Waals surface area contributed by atoms with Crippen molar-refractivity contribution in [3.63, 3.8) is 0 Å². The molecule has 0 amide bonds. The van der Waals surface area contributed by atoms with E-state index >= 15 is 0 Å². The summed E-state index contributed by atoms with van der Waals surface area (Å²) in [7, 11) is 0. The number of rotatable bonds is 3. The van der Waals surface area contributed by atoms with Gasteiger partial charge < -0.3 is 9.47 Å². The number of aromatic nitrogens is 1. The van der Waals surface area contributed by atoms with Gasteiger partial charge in [0.1, 0.15) is 0 Å². The zero-order valence-electron chi connectivity index (χ0n) is 42.6. The highest BCUT2D eigenvalue weighted by molar-refractivity contribution is 6.14. The van der Waals surface area contributed by atoms with Gasteiger partial charge in [-0.3, -0.25) is 0 Å². The third kappa shape index (κ3) is 4.82. The molecule has 1 atom stereocenters. The van der Waals surface area contributed by atoms with Crippen molar-refractivity contribution < 1.29 is 0 Å². The van der Waals surface area contributed by atoms with Gasteiger partial charge in [-0.2, -0.15) is 0 Å². The van der Waals surface area contributed by atoms with Crippen molar-refractivity contribution in [2.24, 2.45) is 0 Å². The molecule has 18 rings (SSSR count). The van der Waals surface area contributed by atoms with Gasteiger partial charge in [0.25, 0.3) is 0 Å². The Balaban J connectivity index is 0.980. The van der Waals surface area contributed by atoms with E-state index in [0.717, 1.165) is 5.69 Å². The Morgan fingerprint density at radius 1 is 0.312 bits per heavy atom. The van der Waals surface area contributed by atoms with Crippen LogP contribution in [-0.2, 0) is 16.2 Å². The van der Waals surface area contributed by atoms with Gasteiger partial charge >= 0.3 is 0 Å². The van der Waals surface area contributed by atoms with E-state index in [1.165, 1.54) is 150 Å². The van der Waals surface area contributed by atoms with E-state index in [9.17, 15) is 0 Å². The third-order valence-electron chi connectivity index (χ3n) is 19.0. The summed E-state index contributed by atoms with van der Waals surface area (Å²) in [6.07, 6.45) is 0. The molecule has 2 spiro atoms. The summed E-state index contributed by atoms with van der Waals surface area (Å²) in [5.41, 5.74) is 29.6. The second-order valence-electron chi connectivity index (χ2n) is 22.6. The number of fused-ring (bicyclic) bond motifs is 27. The van der Waals surface area contributed by atoms with Crippen LogP contribution in [0.25, 0.3) is 82.8 Å². The van der Waals surface area contributed by atoms with Crippen LogP contribution in [0.4, 0.5) is 17.1 Å². The molecule has 0 bridgehead atoms. The first-order valence-electron chi connectivity index (χ1n) is 27.3. The summed E-state index contributed by atoms with van der Waals surface area (Å²) in [6.45, 7) is 4.81. The molecule has 5 aliphatic rings. The first-order chi connectivity index (χ1) is 38.0. The van der Waals surface area contributed by atoms with Crippen LogP contribution < -0.4 is 4.90 Å². The Morgan fingerprint density at radius 3 is 1.56 bits per heavy atom. The third-order valence-corrected chi connectivity index (χ3v) is 19.0. The Labute approximate surface area is 447 Å². The molecular weight excluding hydrogens is 929 g/mol. The maximum Gasteiger partial charge on any atom is 0.0755 e. The Morgan fingerprint density at radius 2 is 0.805 bits per heavy atom. The highest BCUT2D eigenvalue weighted by Crippen LogP contribution is 2.67. The minimum absolute atomic E-state index is 0.201. The quantitative estimate of drug-likeness (QED) is 0.171. The molecule has 2 heterocycles. The molecule has 13 aromatic rings. The summed E-state index contributed by atoms with van der Waals surface area (Å²) in [6, 6.07) is 97.7. The van der Waals surface area contributed by atoms with Crippen LogP contribution in [0.1, 0.15) is 69.5 Å². The first-order valence-corrected chi connectivity index (χ1v) is 27.3. The molecule has 2 heteroatoms. The molecule has 1 aliphatic heterocycles. The van der Waals surface area contributed by atoms with Gasteiger partial charge in [-0.25, -0.2) is 0 Å². The predicted octanol–water partition coefficient (Wildman–Crippen LogP) is 18.7. The van der Waals surface area contributed by atoms with E-state index in [1.807, 2.05) is 0 Å². The lowest BCUT2D eigenvalue weighted by molar-refractivity contribution is 0.660. The standard InChI is InChI=1S/C75H48N2/c1-73(2)55-28-10-7-25-52(55)70-60(73)33-18-38-67(70)76(46-41-42-54-64(44-46)74(62-43-40-45-20-3-4-21-47(45)69(54)62)56-29-11-5-22-48(56)49-23-6-12-30-57(49)74)68-39-19-34-61-71(68)53-26-8-13-31-58(53)75(61)59-32-14-16-37-66(59)77-65-36-15-9-24-50(65)51-27-17-35-63(75)72(51)77/h3-44H,1-2H3. The van der Waals surface area contributed by atoms with E-state index in [2.05, 4.69) is 278 Å². The zero-order valence-corrected chi connectivity index (χ0v) is 42.6. The molecule has 77 heavy (non-hydrogen) atoms. The van der Waals surface area contributed by atoms with E-state index in [-0.39, 0.29) is 5.41 Å². The number of benzene rings is 12. The van der Waals surface area contributed by atoms with Crippen molar-refractivity contribution in [2.45, 2.75) is 30.1 Å². The van der Waals surface area contributed by atoms with Gasteiger partial charge in [-0.1, -0.05) is 232 Å². The SMILES string of the molecule is CC1(C)c2ccccc2-c2c(N(c3ccc4c(c3)C3(c5ccccc5-c5ccccc53)c3ccc5ccccc5c3-4)c3cccc4c3-c3ccccc3C43c4ccccc4-n4c5ccccc5c5cccc3c54)cccc21. The van der Waals surface area contributed by atoms with Gasteiger partial charge in [-0.15, -0.1) is 0 Å². The Kier molecular flexibility index (Phi) is 7.85. The maximum atomic E-state index is 2.67. The van der Waals surface area contributed by atoms with Gasteiger partial charge in [0, 0.05) is 33.0 Å². The summed E-state index contributed by atoms with van der Waals surface area (Å²) in [4.78, 5) is 2.67. The van der Waals surface area contributed by atoms with Crippen molar-refractivity contribution >= 4 is 49.6 Å². The molecule has 0 fully saturated rings. The van der Waals surface area contributed by atoms with Crippen molar-refractivity contribution in [2.75, 3.05) is 4.90 Å². The fourth-order valence-corrected chi connectivity index (χ4v) is 16.1. The highest BCUT2D eigenvalue weighted by atomic mass is 15.2. The van der Waals surface area contributed by atoms with Crippen LogP contribution >= 0.6 is 0 Å². The van der Waals surface area contributed by atoms with Crippen LogP contribution in [0.2, 0.25) is 0 Å². The summed E-state index contributed by atoms with van der Waals surface area (Å²) >= 11 is 0. The minimum atomic E-state index is -0.608. The number of hydrogen-bond acceptors (Lipinski definition) is 1. The predicted molar refractivity (Wildman–Crippen MR) is 318 cm³/mol. The van der Waals surface area contributed by atoms with Crippen molar-refractivity contribution in [1.29, 1.82) is 0 Å². The average molecular weight is 977 g/mol. The van der Waals surface area contributed by atoms with Gasteiger partial charge in [0.05, 0.1) is 38.9 Å². The van der Waals surface area contributed by atoms with E-state index in [4.69, 9.17) is 0 Å². The lowest BCUT2D eigenvalue weighted by Crippen LogP contribution is -2.33. The monoisotopic (exact) mass is 976 g/mol. The van der Waals surface area contributed by atoms with Crippen molar-refractivity contribution in [1.82, 2.24) is 4.57 Å². The van der Waals surface area contributed by atoms with Crippen LogP contribution in [0, 0.1) is 0 Å². The fourth-order valence-electron chi connectivity index (χ4n) is 16.1. The Hall–Kier alpha value is -9.50. The maximum absolute atomic E-state index is 2.67. The largest absolute Gasteiger partial charge is 0.309 e. The molecule has 1 unspecified atom stereocenters. The van der Waals surface area contributed by atoms with Crippen molar-refractivity contribution in [3.8, 4) is 50.2 Å². The smallest absolute Gasteiger partial charge is 0.0755 e. The van der Waals surface area contributed by atoms with Crippen LogP contribution in [0.3, 0.4) is 0 Å². The summed E-state index contributed by atoms with van der Waals surface area (Å²) < 4.78 is 2.55. The van der Waals surface area contributed by atoms with Gasteiger partial charge in [0.2, 0.25) is 0 Å². The number of para-hydroxylation sites is 3. The lowest BCUT2D eigenvalue weighted by atomic mass is 9.65. The second-order valence-corrected chi connectivity index (χ2v) is 22.6. The molecule has 1 aromatic heterocycles. The Bertz CT molecular complexity index is 4770. The molecule has 2 nitrogen and oxygen atoms in total. The molecule has 4 aliphatic carbocycles. The van der Waals surface area contributed by atoms with E-state index in [1.54, 1.807) is 0 Å². The van der Waals surface area contributed by atoms with Gasteiger partial charge in [0.15, 0.2) is 0 Å². The molecule has 0 N–H and O–H groups in total. The van der Waals surface area contributed by atoms with Crippen LogP contribution in [-0.4, -0.2) is 4.57 Å².